The molecule has 1 saturated heterocycles. The number of amides is 1. The zero-order valence-electron chi connectivity index (χ0n) is 17.7. The molecule has 0 bridgehead atoms. The molecule has 0 spiro atoms. The van der Waals surface area contributed by atoms with Crippen LogP contribution in [0.3, 0.4) is 0 Å². The van der Waals surface area contributed by atoms with E-state index in [1.54, 1.807) is 29.2 Å². The fourth-order valence-corrected chi connectivity index (χ4v) is 5.14. The average molecular weight is 436 g/mol. The second-order valence-electron chi connectivity index (χ2n) is 7.70. The summed E-state index contributed by atoms with van der Waals surface area (Å²) in [6, 6.07) is 20.3. The number of nitrogens with zero attached hydrogens (tertiary/aromatic N) is 3. The molecule has 4 rings (SSSR count). The average Bonchev–Trinajstić information content (AvgIpc) is 2.79. The van der Waals surface area contributed by atoms with Crippen LogP contribution >= 0.6 is 0 Å². The largest absolute Gasteiger partial charge is 0.336 e. The predicted molar refractivity (Wildman–Crippen MR) is 120 cm³/mol. The van der Waals surface area contributed by atoms with Gasteiger partial charge in [0, 0.05) is 31.7 Å². The number of carbonyl (C=O) groups excluding carboxylic acids is 1. The molecule has 160 valence electrons. The third-order valence-electron chi connectivity index (χ3n) is 5.57. The van der Waals surface area contributed by atoms with Gasteiger partial charge in [-0.2, -0.15) is 4.31 Å². The fourth-order valence-electron chi connectivity index (χ4n) is 3.72. The lowest BCUT2D eigenvalue weighted by atomic mass is 10.1. The standard InChI is InChI=1S/C24H25N3O3S/c1-18-8-10-21(11-9-18)31(29,30)27-16-14-26(15-17-27)24(28)22-12-13-23(25-19(22)2)20-6-4-3-5-7-20/h3-13H,14-17H2,1-2H3. The zero-order chi connectivity index (χ0) is 22.0. The number of hydrogen-bond acceptors (Lipinski definition) is 4. The van der Waals surface area contributed by atoms with Gasteiger partial charge in [-0.1, -0.05) is 48.0 Å². The summed E-state index contributed by atoms with van der Waals surface area (Å²) in [6.07, 6.45) is 0. The maximum atomic E-state index is 13.1. The maximum absolute atomic E-state index is 13.1. The number of rotatable bonds is 4. The van der Waals surface area contributed by atoms with Gasteiger partial charge in [0.25, 0.3) is 5.91 Å². The van der Waals surface area contributed by atoms with Crippen LogP contribution < -0.4 is 0 Å². The van der Waals surface area contributed by atoms with Crippen LogP contribution in [-0.4, -0.2) is 54.7 Å². The number of benzene rings is 2. The van der Waals surface area contributed by atoms with Gasteiger partial charge in [0.1, 0.15) is 0 Å². The first-order valence-corrected chi connectivity index (χ1v) is 11.7. The molecule has 0 atom stereocenters. The van der Waals surface area contributed by atoms with Crippen LogP contribution in [0.5, 0.6) is 0 Å². The Balaban J connectivity index is 1.45. The van der Waals surface area contributed by atoms with Gasteiger partial charge in [-0.25, -0.2) is 8.42 Å². The van der Waals surface area contributed by atoms with Gasteiger partial charge < -0.3 is 4.90 Å². The second-order valence-corrected chi connectivity index (χ2v) is 9.64. The van der Waals surface area contributed by atoms with Crippen molar-refractivity contribution in [3.05, 3.63) is 83.6 Å². The van der Waals surface area contributed by atoms with Gasteiger partial charge in [0.05, 0.1) is 21.8 Å². The van der Waals surface area contributed by atoms with E-state index in [9.17, 15) is 13.2 Å². The molecule has 0 unspecified atom stereocenters. The molecule has 3 aromatic rings. The van der Waals surface area contributed by atoms with E-state index in [4.69, 9.17) is 0 Å². The van der Waals surface area contributed by atoms with Crippen LogP contribution in [0.15, 0.2) is 71.6 Å². The van der Waals surface area contributed by atoms with Crippen molar-refractivity contribution in [2.24, 2.45) is 0 Å². The molecule has 1 fully saturated rings. The Bertz CT molecular complexity index is 1180. The SMILES string of the molecule is Cc1ccc(S(=O)(=O)N2CCN(C(=O)c3ccc(-c4ccccc4)nc3C)CC2)cc1. The topological polar surface area (TPSA) is 70.6 Å². The van der Waals surface area contributed by atoms with Gasteiger partial charge >= 0.3 is 0 Å². The molecule has 0 radical (unpaired) electrons. The maximum Gasteiger partial charge on any atom is 0.255 e. The van der Waals surface area contributed by atoms with E-state index in [1.807, 2.05) is 56.3 Å². The zero-order valence-corrected chi connectivity index (χ0v) is 18.5. The third kappa shape index (κ3) is 4.38. The number of carbonyl (C=O) groups is 1. The van der Waals surface area contributed by atoms with Crippen molar-refractivity contribution in [1.82, 2.24) is 14.2 Å². The highest BCUT2D eigenvalue weighted by Gasteiger charge is 2.30. The fraction of sp³-hybridized carbons (Fsp3) is 0.250. The molecular formula is C24H25N3O3S. The molecule has 0 saturated carbocycles. The van der Waals surface area contributed by atoms with Crippen molar-refractivity contribution in [2.75, 3.05) is 26.2 Å². The van der Waals surface area contributed by atoms with Crippen molar-refractivity contribution >= 4 is 15.9 Å². The first-order valence-electron chi connectivity index (χ1n) is 10.3. The van der Waals surface area contributed by atoms with E-state index in [1.165, 1.54) is 4.31 Å². The van der Waals surface area contributed by atoms with Gasteiger partial charge in [0.15, 0.2) is 0 Å². The highest BCUT2D eigenvalue weighted by atomic mass is 32.2. The number of hydrogen-bond donors (Lipinski definition) is 0. The smallest absolute Gasteiger partial charge is 0.255 e. The first kappa shape index (κ1) is 21.2. The number of aryl methyl sites for hydroxylation is 2. The van der Waals surface area contributed by atoms with Gasteiger partial charge in [-0.3, -0.25) is 9.78 Å². The first-order chi connectivity index (χ1) is 14.9. The molecule has 2 aromatic carbocycles. The number of aromatic nitrogens is 1. The summed E-state index contributed by atoms with van der Waals surface area (Å²) in [4.78, 5) is 19.6. The monoisotopic (exact) mass is 435 g/mol. The van der Waals surface area contributed by atoms with E-state index in [2.05, 4.69) is 4.98 Å². The lowest BCUT2D eigenvalue weighted by Gasteiger charge is -2.34. The lowest BCUT2D eigenvalue weighted by Crippen LogP contribution is -2.50. The van der Waals surface area contributed by atoms with E-state index < -0.39 is 10.0 Å². The Morgan fingerprint density at radius 1 is 0.839 bits per heavy atom. The van der Waals surface area contributed by atoms with Crippen molar-refractivity contribution in [3.63, 3.8) is 0 Å². The Labute approximate surface area is 183 Å². The highest BCUT2D eigenvalue weighted by molar-refractivity contribution is 7.89. The quantitative estimate of drug-likeness (QED) is 0.629. The van der Waals surface area contributed by atoms with E-state index >= 15 is 0 Å². The Morgan fingerprint density at radius 3 is 2.10 bits per heavy atom. The molecule has 1 aliphatic rings. The predicted octanol–water partition coefficient (Wildman–Crippen LogP) is 3.51. The van der Waals surface area contributed by atoms with Crippen LogP contribution in [0.25, 0.3) is 11.3 Å². The van der Waals surface area contributed by atoms with Crippen molar-refractivity contribution in [3.8, 4) is 11.3 Å². The Hall–Kier alpha value is -3.03. The van der Waals surface area contributed by atoms with Crippen LogP contribution in [0.1, 0.15) is 21.6 Å². The summed E-state index contributed by atoms with van der Waals surface area (Å²) in [6.45, 7) is 5.00. The minimum Gasteiger partial charge on any atom is -0.336 e. The van der Waals surface area contributed by atoms with Crippen molar-refractivity contribution in [2.45, 2.75) is 18.7 Å². The van der Waals surface area contributed by atoms with Crippen LogP contribution in [0, 0.1) is 13.8 Å². The lowest BCUT2D eigenvalue weighted by molar-refractivity contribution is 0.0696. The molecule has 1 aliphatic heterocycles. The minimum atomic E-state index is -3.55. The van der Waals surface area contributed by atoms with E-state index in [-0.39, 0.29) is 23.9 Å². The third-order valence-corrected chi connectivity index (χ3v) is 7.48. The second kappa shape index (κ2) is 8.61. The molecule has 6 nitrogen and oxygen atoms in total. The van der Waals surface area contributed by atoms with Crippen molar-refractivity contribution in [1.29, 1.82) is 0 Å². The normalized spacial score (nSPS) is 15.1. The van der Waals surface area contributed by atoms with Crippen LogP contribution in [-0.2, 0) is 10.0 Å². The number of sulfonamides is 1. The molecule has 7 heteroatoms. The molecule has 1 amide bonds. The molecular weight excluding hydrogens is 410 g/mol. The summed E-state index contributed by atoms with van der Waals surface area (Å²) in [5, 5.41) is 0. The van der Waals surface area contributed by atoms with Gasteiger partial charge in [0.2, 0.25) is 10.0 Å². The number of pyridine rings is 1. The van der Waals surface area contributed by atoms with Crippen molar-refractivity contribution < 1.29 is 13.2 Å². The minimum absolute atomic E-state index is 0.114. The molecule has 0 aliphatic carbocycles. The summed E-state index contributed by atoms with van der Waals surface area (Å²) in [5.41, 5.74) is 4.05. The van der Waals surface area contributed by atoms with E-state index in [0.29, 0.717) is 24.3 Å². The number of piperazine rings is 1. The van der Waals surface area contributed by atoms with E-state index in [0.717, 1.165) is 16.8 Å². The van der Waals surface area contributed by atoms with Crippen LogP contribution in [0.2, 0.25) is 0 Å². The molecule has 31 heavy (non-hydrogen) atoms. The van der Waals surface area contributed by atoms with Gasteiger partial charge in [-0.15, -0.1) is 0 Å². The van der Waals surface area contributed by atoms with Gasteiger partial charge in [-0.05, 0) is 38.1 Å². The molecule has 0 N–H and O–H groups in total. The summed E-state index contributed by atoms with van der Waals surface area (Å²) < 4.78 is 27.2. The Kier molecular flexibility index (Phi) is 5.89. The summed E-state index contributed by atoms with van der Waals surface area (Å²) in [7, 11) is -3.55. The highest BCUT2D eigenvalue weighted by Crippen LogP contribution is 2.22. The summed E-state index contributed by atoms with van der Waals surface area (Å²) >= 11 is 0. The molecule has 2 heterocycles. The Morgan fingerprint density at radius 2 is 1.48 bits per heavy atom. The molecule has 1 aromatic heterocycles. The van der Waals surface area contributed by atoms with Crippen LogP contribution in [0.4, 0.5) is 0 Å². The summed E-state index contributed by atoms with van der Waals surface area (Å²) in [5.74, 6) is -0.114.